The van der Waals surface area contributed by atoms with Gasteiger partial charge in [0.2, 0.25) is 0 Å². The molecule has 1 aromatic carbocycles. The van der Waals surface area contributed by atoms with Gasteiger partial charge < -0.3 is 4.98 Å². The van der Waals surface area contributed by atoms with Crippen molar-refractivity contribution in [1.82, 2.24) is 4.98 Å². The molecule has 110 valence electrons. The highest BCUT2D eigenvalue weighted by Gasteiger charge is 2.06. The van der Waals surface area contributed by atoms with Crippen LogP contribution in [0.5, 0.6) is 0 Å². The SMILES string of the molecule is CC.CC1C=c2[nH]c(=O)c(Cc3ccccc3)cc2=CC1. The Bertz CT molecular complexity index is 756. The van der Waals surface area contributed by atoms with Gasteiger partial charge >= 0.3 is 0 Å². The molecule has 3 rings (SSSR count). The van der Waals surface area contributed by atoms with Crippen molar-refractivity contribution in [1.29, 1.82) is 0 Å². The standard InChI is InChI=1S/C17H17NO.C2H6/c1-12-7-8-14-11-15(17(19)18-16(14)9-12)10-13-5-3-2-4-6-13;1-2/h2-6,8-9,11-12H,7,10H2,1H3,(H,18,19);1-2H3. The molecule has 1 N–H and O–H groups in total. The highest BCUT2D eigenvalue weighted by atomic mass is 16.1. The van der Waals surface area contributed by atoms with Crippen LogP contribution >= 0.6 is 0 Å². The highest BCUT2D eigenvalue weighted by molar-refractivity contribution is 5.39. The highest BCUT2D eigenvalue weighted by Crippen LogP contribution is 2.06. The van der Waals surface area contributed by atoms with E-state index in [4.69, 9.17) is 0 Å². The van der Waals surface area contributed by atoms with Crippen LogP contribution in [0, 0.1) is 5.92 Å². The first kappa shape index (κ1) is 15.3. The molecule has 1 aliphatic rings. The molecule has 2 heteroatoms. The van der Waals surface area contributed by atoms with Gasteiger partial charge in [0.05, 0.1) is 0 Å². The summed E-state index contributed by atoms with van der Waals surface area (Å²) >= 11 is 0. The zero-order chi connectivity index (χ0) is 15.2. The number of benzene rings is 1. The van der Waals surface area contributed by atoms with Crippen molar-refractivity contribution in [3.05, 3.63) is 68.4 Å². The smallest absolute Gasteiger partial charge is 0.251 e. The van der Waals surface area contributed by atoms with Crippen molar-refractivity contribution in [3.63, 3.8) is 0 Å². The zero-order valence-corrected chi connectivity index (χ0v) is 13.0. The van der Waals surface area contributed by atoms with Gasteiger partial charge in [0, 0.05) is 17.3 Å². The number of H-pyrrole nitrogens is 1. The average Bonchev–Trinajstić information content (AvgIpc) is 2.51. The lowest BCUT2D eigenvalue weighted by Crippen LogP contribution is -2.38. The van der Waals surface area contributed by atoms with Gasteiger partial charge in [-0.25, -0.2) is 0 Å². The van der Waals surface area contributed by atoms with Crippen LogP contribution in [0.1, 0.15) is 38.3 Å². The molecule has 0 saturated heterocycles. The van der Waals surface area contributed by atoms with E-state index in [9.17, 15) is 4.79 Å². The lowest BCUT2D eigenvalue weighted by atomic mass is 9.99. The van der Waals surface area contributed by atoms with Crippen molar-refractivity contribution < 1.29 is 0 Å². The van der Waals surface area contributed by atoms with E-state index in [1.165, 1.54) is 5.56 Å². The molecule has 1 heterocycles. The maximum absolute atomic E-state index is 12.1. The van der Waals surface area contributed by atoms with Crippen LogP contribution < -0.4 is 16.1 Å². The second-order valence-electron chi connectivity index (χ2n) is 5.24. The third-order valence-corrected chi connectivity index (χ3v) is 3.58. The Balaban J connectivity index is 0.000000774. The molecule has 2 aromatic rings. The third kappa shape index (κ3) is 3.72. The van der Waals surface area contributed by atoms with Gasteiger partial charge in [0.15, 0.2) is 0 Å². The van der Waals surface area contributed by atoms with E-state index >= 15 is 0 Å². The number of hydrogen-bond donors (Lipinski definition) is 1. The van der Waals surface area contributed by atoms with E-state index in [1.807, 2.05) is 38.1 Å². The van der Waals surface area contributed by atoms with Gasteiger partial charge in [0.1, 0.15) is 0 Å². The first-order valence-corrected chi connectivity index (χ1v) is 7.70. The molecule has 0 amide bonds. The molecule has 1 unspecified atom stereocenters. The summed E-state index contributed by atoms with van der Waals surface area (Å²) in [5.41, 5.74) is 2.03. The minimum atomic E-state index is 0.0290. The lowest BCUT2D eigenvalue weighted by molar-refractivity contribution is 0.792. The van der Waals surface area contributed by atoms with Crippen LogP contribution in [-0.4, -0.2) is 4.98 Å². The summed E-state index contributed by atoms with van der Waals surface area (Å²) in [6, 6.07) is 12.1. The first-order valence-electron chi connectivity index (χ1n) is 7.70. The molecule has 1 aliphatic carbocycles. The van der Waals surface area contributed by atoms with Gasteiger partial charge in [-0.1, -0.05) is 63.3 Å². The molecule has 0 bridgehead atoms. The van der Waals surface area contributed by atoms with E-state index in [2.05, 4.69) is 36.2 Å². The molecular weight excluding hydrogens is 258 g/mol. The van der Waals surface area contributed by atoms with Gasteiger partial charge in [0.25, 0.3) is 5.56 Å². The molecule has 2 nitrogen and oxygen atoms in total. The summed E-state index contributed by atoms with van der Waals surface area (Å²) < 4.78 is 0. The molecule has 1 atom stereocenters. The summed E-state index contributed by atoms with van der Waals surface area (Å²) in [7, 11) is 0. The number of aromatic amines is 1. The Hall–Kier alpha value is -2.09. The largest absolute Gasteiger partial charge is 0.322 e. The third-order valence-electron chi connectivity index (χ3n) is 3.58. The monoisotopic (exact) mass is 281 g/mol. The Morgan fingerprint density at radius 3 is 2.62 bits per heavy atom. The van der Waals surface area contributed by atoms with Crippen LogP contribution in [-0.2, 0) is 6.42 Å². The van der Waals surface area contributed by atoms with E-state index in [0.29, 0.717) is 12.3 Å². The second-order valence-corrected chi connectivity index (χ2v) is 5.24. The maximum atomic E-state index is 12.1. The topological polar surface area (TPSA) is 32.9 Å². The summed E-state index contributed by atoms with van der Waals surface area (Å²) in [4.78, 5) is 15.1. The first-order chi connectivity index (χ1) is 10.2. The van der Waals surface area contributed by atoms with Gasteiger partial charge in [-0.3, -0.25) is 4.79 Å². The Morgan fingerprint density at radius 1 is 1.19 bits per heavy atom. The fourth-order valence-electron chi connectivity index (χ4n) is 2.53. The van der Waals surface area contributed by atoms with Crippen LogP contribution in [0.3, 0.4) is 0 Å². The summed E-state index contributed by atoms with van der Waals surface area (Å²) in [6.07, 6.45) is 6.09. The zero-order valence-electron chi connectivity index (χ0n) is 13.0. The van der Waals surface area contributed by atoms with Crippen LogP contribution in [0.4, 0.5) is 0 Å². The minimum absolute atomic E-state index is 0.0290. The Morgan fingerprint density at radius 2 is 1.90 bits per heavy atom. The molecule has 1 aromatic heterocycles. The number of aromatic nitrogens is 1. The fraction of sp³-hybridized carbons (Fsp3) is 0.316. The van der Waals surface area contributed by atoms with E-state index in [0.717, 1.165) is 22.6 Å². The second kappa shape index (κ2) is 7.07. The van der Waals surface area contributed by atoms with Crippen molar-refractivity contribution in [2.45, 2.75) is 33.6 Å². The predicted molar refractivity (Wildman–Crippen MR) is 89.6 cm³/mol. The van der Waals surface area contributed by atoms with Crippen molar-refractivity contribution in [2.75, 3.05) is 0 Å². The molecule has 0 fully saturated rings. The van der Waals surface area contributed by atoms with Crippen molar-refractivity contribution in [2.24, 2.45) is 5.92 Å². The summed E-state index contributed by atoms with van der Waals surface area (Å²) in [5.74, 6) is 0.503. The predicted octanol–water partition coefficient (Wildman–Crippen LogP) is 2.59. The normalized spacial score (nSPS) is 15.9. The lowest BCUT2D eigenvalue weighted by Gasteiger charge is -2.08. The van der Waals surface area contributed by atoms with Crippen LogP contribution in [0.15, 0.2) is 41.2 Å². The average molecular weight is 281 g/mol. The van der Waals surface area contributed by atoms with Gasteiger partial charge in [-0.2, -0.15) is 0 Å². The Labute approximate surface area is 125 Å². The molecule has 0 saturated carbocycles. The number of hydrogen-bond acceptors (Lipinski definition) is 1. The summed E-state index contributed by atoms with van der Waals surface area (Å²) in [5, 5.41) is 2.13. The fourth-order valence-corrected chi connectivity index (χ4v) is 2.53. The molecule has 0 aliphatic heterocycles. The molecule has 0 radical (unpaired) electrons. The van der Waals surface area contributed by atoms with Crippen molar-refractivity contribution >= 4 is 12.2 Å². The van der Waals surface area contributed by atoms with Crippen molar-refractivity contribution in [3.8, 4) is 0 Å². The number of rotatable bonds is 2. The van der Waals surface area contributed by atoms with Crippen LogP contribution in [0.2, 0.25) is 0 Å². The van der Waals surface area contributed by atoms with Crippen LogP contribution in [0.25, 0.3) is 12.2 Å². The summed E-state index contributed by atoms with van der Waals surface area (Å²) in [6.45, 7) is 6.16. The molecular formula is C19H23NO. The minimum Gasteiger partial charge on any atom is -0.322 e. The Kier molecular flexibility index (Phi) is 5.15. The number of fused-ring (bicyclic) bond motifs is 1. The number of nitrogens with one attached hydrogen (secondary N) is 1. The van der Waals surface area contributed by atoms with Gasteiger partial charge in [-0.05, 0) is 29.2 Å². The van der Waals surface area contributed by atoms with E-state index < -0.39 is 0 Å². The van der Waals surface area contributed by atoms with E-state index in [-0.39, 0.29) is 5.56 Å². The molecule has 21 heavy (non-hydrogen) atoms. The number of pyridine rings is 1. The quantitative estimate of drug-likeness (QED) is 0.902. The molecule has 0 spiro atoms. The van der Waals surface area contributed by atoms with Gasteiger partial charge in [-0.15, -0.1) is 0 Å². The van der Waals surface area contributed by atoms with E-state index in [1.54, 1.807) is 0 Å². The maximum Gasteiger partial charge on any atom is 0.251 e.